The summed E-state index contributed by atoms with van der Waals surface area (Å²) < 4.78 is 1.59. The van der Waals surface area contributed by atoms with Crippen molar-refractivity contribution in [2.45, 2.75) is 26.7 Å². The third-order valence-corrected chi connectivity index (χ3v) is 3.27. The van der Waals surface area contributed by atoms with Gasteiger partial charge in [0, 0.05) is 6.07 Å². The van der Waals surface area contributed by atoms with Gasteiger partial charge in [0.2, 0.25) is 0 Å². The molecule has 7 nitrogen and oxygen atoms in total. The molecule has 2 N–H and O–H groups in total. The second-order valence-corrected chi connectivity index (χ2v) is 4.84. The minimum atomic E-state index is -0.512. The zero-order valence-electron chi connectivity index (χ0n) is 11.1. The van der Waals surface area contributed by atoms with E-state index in [0.29, 0.717) is 23.5 Å². The summed E-state index contributed by atoms with van der Waals surface area (Å²) in [4.78, 5) is 10.3. The van der Waals surface area contributed by atoms with Crippen LogP contribution < -0.4 is 5.73 Å². The second kappa shape index (κ2) is 5.46. The summed E-state index contributed by atoms with van der Waals surface area (Å²) in [7, 11) is 0. The van der Waals surface area contributed by atoms with Gasteiger partial charge in [0.05, 0.1) is 16.3 Å². The quantitative estimate of drug-likeness (QED) is 0.690. The summed E-state index contributed by atoms with van der Waals surface area (Å²) in [6.07, 6.45) is 1.60. The number of nitro groups is 1. The Morgan fingerprint density at radius 2 is 2.20 bits per heavy atom. The van der Waals surface area contributed by atoms with Gasteiger partial charge in [-0.25, -0.2) is 4.68 Å². The van der Waals surface area contributed by atoms with Crippen molar-refractivity contribution < 1.29 is 4.92 Å². The molecule has 0 saturated carbocycles. The molecule has 1 aromatic heterocycles. The van der Waals surface area contributed by atoms with Crippen LogP contribution in [-0.4, -0.2) is 19.9 Å². The molecule has 0 amide bonds. The van der Waals surface area contributed by atoms with Crippen LogP contribution in [0.15, 0.2) is 12.1 Å². The van der Waals surface area contributed by atoms with Crippen LogP contribution in [0.5, 0.6) is 0 Å². The van der Waals surface area contributed by atoms with Crippen molar-refractivity contribution in [3.63, 3.8) is 0 Å². The van der Waals surface area contributed by atoms with Gasteiger partial charge in [-0.15, -0.1) is 5.10 Å². The predicted octanol–water partition coefficient (Wildman–Crippen LogP) is 2.67. The Balaban J connectivity index is 2.59. The summed E-state index contributed by atoms with van der Waals surface area (Å²) in [6.45, 7) is 3.78. The second-order valence-electron chi connectivity index (χ2n) is 4.43. The summed E-state index contributed by atoms with van der Waals surface area (Å²) in [6, 6.07) is 2.94. The Labute approximate surface area is 120 Å². The van der Waals surface area contributed by atoms with Gasteiger partial charge < -0.3 is 5.73 Å². The number of hydrogen-bond donors (Lipinski definition) is 1. The highest BCUT2D eigenvalue weighted by molar-refractivity contribution is 6.32. The van der Waals surface area contributed by atoms with Crippen LogP contribution in [0.25, 0.3) is 5.69 Å². The number of nitrogens with two attached hydrogens (primary N) is 1. The van der Waals surface area contributed by atoms with Gasteiger partial charge in [0.15, 0.2) is 5.82 Å². The molecular formula is C12H14ClN5O2. The Kier molecular flexibility index (Phi) is 3.89. The number of anilines is 1. The number of halogens is 1. The van der Waals surface area contributed by atoms with Gasteiger partial charge in [-0.05, 0) is 25.0 Å². The molecule has 0 fully saturated rings. The average Bonchev–Trinajstić information content (AvgIpc) is 2.74. The summed E-state index contributed by atoms with van der Waals surface area (Å²) in [5.41, 5.74) is 7.78. The molecule has 20 heavy (non-hydrogen) atoms. The molecule has 0 unspecified atom stereocenters. The topological polar surface area (TPSA) is 99.9 Å². The summed E-state index contributed by atoms with van der Waals surface area (Å²) >= 11 is 5.95. The SMILES string of the molecule is CCCc1c(N)nnn1-c1cc(Cl)c([N+](=O)[O-])cc1C. The highest BCUT2D eigenvalue weighted by atomic mass is 35.5. The van der Waals surface area contributed by atoms with Crippen molar-refractivity contribution in [3.8, 4) is 5.69 Å². The van der Waals surface area contributed by atoms with Crippen LogP contribution >= 0.6 is 11.6 Å². The number of aryl methyl sites for hydroxylation is 1. The first kappa shape index (κ1) is 14.3. The van der Waals surface area contributed by atoms with Gasteiger partial charge in [0.25, 0.3) is 5.69 Å². The number of nitro benzene ring substituents is 1. The highest BCUT2D eigenvalue weighted by Crippen LogP contribution is 2.30. The molecule has 2 rings (SSSR count). The molecule has 106 valence electrons. The van der Waals surface area contributed by atoms with Crippen molar-refractivity contribution in [3.05, 3.63) is 38.5 Å². The Hall–Kier alpha value is -2.15. The average molecular weight is 296 g/mol. The zero-order chi connectivity index (χ0) is 14.9. The molecule has 0 aliphatic rings. The molecule has 0 atom stereocenters. The lowest BCUT2D eigenvalue weighted by molar-refractivity contribution is -0.384. The lowest BCUT2D eigenvalue weighted by atomic mass is 10.1. The smallest absolute Gasteiger partial charge is 0.288 e. The van der Waals surface area contributed by atoms with Gasteiger partial charge in [-0.1, -0.05) is 30.2 Å². The molecule has 8 heteroatoms. The zero-order valence-corrected chi connectivity index (χ0v) is 11.9. The normalized spacial score (nSPS) is 10.8. The summed E-state index contributed by atoms with van der Waals surface area (Å²) in [5, 5.41) is 18.8. The van der Waals surface area contributed by atoms with E-state index in [2.05, 4.69) is 10.3 Å². The minimum Gasteiger partial charge on any atom is -0.381 e. The number of hydrogen-bond acceptors (Lipinski definition) is 5. The van der Waals surface area contributed by atoms with Crippen molar-refractivity contribution >= 4 is 23.1 Å². The van der Waals surface area contributed by atoms with Crippen molar-refractivity contribution in [1.29, 1.82) is 0 Å². The number of nitrogens with zero attached hydrogens (tertiary/aromatic N) is 4. The fourth-order valence-corrected chi connectivity index (χ4v) is 2.23. The predicted molar refractivity (Wildman–Crippen MR) is 76.2 cm³/mol. The Bertz CT molecular complexity index is 668. The van der Waals surface area contributed by atoms with Gasteiger partial charge in [-0.2, -0.15) is 0 Å². The Morgan fingerprint density at radius 1 is 1.50 bits per heavy atom. The lowest BCUT2D eigenvalue weighted by Crippen LogP contribution is -2.06. The molecule has 0 spiro atoms. The van der Waals surface area contributed by atoms with Crippen LogP contribution in [0.4, 0.5) is 11.5 Å². The van der Waals surface area contributed by atoms with Crippen molar-refractivity contribution in [2.24, 2.45) is 0 Å². The fourth-order valence-electron chi connectivity index (χ4n) is 2.00. The van der Waals surface area contributed by atoms with E-state index >= 15 is 0 Å². The van der Waals surface area contributed by atoms with E-state index < -0.39 is 4.92 Å². The number of benzene rings is 1. The molecule has 1 heterocycles. The van der Waals surface area contributed by atoms with E-state index in [1.54, 1.807) is 11.6 Å². The van der Waals surface area contributed by atoms with E-state index in [4.69, 9.17) is 17.3 Å². The number of nitrogen functional groups attached to an aromatic ring is 1. The largest absolute Gasteiger partial charge is 0.381 e. The highest BCUT2D eigenvalue weighted by Gasteiger charge is 2.19. The first-order valence-electron chi connectivity index (χ1n) is 6.10. The molecular weight excluding hydrogens is 282 g/mol. The van der Waals surface area contributed by atoms with Gasteiger partial charge >= 0.3 is 0 Å². The van der Waals surface area contributed by atoms with E-state index in [0.717, 1.165) is 12.1 Å². The van der Waals surface area contributed by atoms with E-state index in [9.17, 15) is 10.1 Å². The molecule has 0 aliphatic heterocycles. The third kappa shape index (κ3) is 2.44. The monoisotopic (exact) mass is 295 g/mol. The number of aromatic nitrogens is 3. The van der Waals surface area contributed by atoms with Crippen LogP contribution in [0, 0.1) is 17.0 Å². The number of rotatable bonds is 4. The molecule has 0 aliphatic carbocycles. The maximum absolute atomic E-state index is 10.9. The molecule has 0 saturated heterocycles. The van der Waals surface area contributed by atoms with E-state index in [-0.39, 0.29) is 10.7 Å². The van der Waals surface area contributed by atoms with Crippen LogP contribution in [0.1, 0.15) is 24.6 Å². The first-order valence-corrected chi connectivity index (χ1v) is 6.48. The van der Waals surface area contributed by atoms with E-state index in [1.807, 2.05) is 6.92 Å². The fraction of sp³-hybridized carbons (Fsp3) is 0.333. The van der Waals surface area contributed by atoms with Gasteiger partial charge in [0.1, 0.15) is 5.02 Å². The summed E-state index contributed by atoms with van der Waals surface area (Å²) in [5.74, 6) is 0.362. The van der Waals surface area contributed by atoms with Crippen LogP contribution in [-0.2, 0) is 6.42 Å². The molecule has 0 bridgehead atoms. The maximum atomic E-state index is 10.9. The standard InChI is InChI=1S/C12H14ClN5O2/c1-3-4-9-12(14)15-16-17(9)10-6-8(13)11(18(19)20)5-7(10)2/h5-6H,3-4,14H2,1-2H3. The molecule has 0 radical (unpaired) electrons. The molecule has 2 aromatic rings. The minimum absolute atomic E-state index is 0.0621. The third-order valence-electron chi connectivity index (χ3n) is 2.97. The van der Waals surface area contributed by atoms with Crippen LogP contribution in [0.3, 0.4) is 0 Å². The lowest BCUT2D eigenvalue weighted by Gasteiger charge is -2.09. The van der Waals surface area contributed by atoms with Crippen LogP contribution in [0.2, 0.25) is 5.02 Å². The Morgan fingerprint density at radius 3 is 2.80 bits per heavy atom. The molecule has 1 aromatic carbocycles. The van der Waals surface area contributed by atoms with Crippen molar-refractivity contribution in [1.82, 2.24) is 15.0 Å². The first-order chi connectivity index (χ1) is 9.45. The van der Waals surface area contributed by atoms with E-state index in [1.165, 1.54) is 12.1 Å². The van der Waals surface area contributed by atoms with Gasteiger partial charge in [-0.3, -0.25) is 10.1 Å². The van der Waals surface area contributed by atoms with Crippen molar-refractivity contribution in [2.75, 3.05) is 5.73 Å². The maximum Gasteiger partial charge on any atom is 0.288 e.